The number of nitrogens with one attached hydrogen (secondary N) is 1. The minimum atomic E-state index is -0.623. The van der Waals surface area contributed by atoms with Gasteiger partial charge in [-0.1, -0.05) is 17.3 Å². The number of aromatic nitrogens is 3. The molecule has 5 nitrogen and oxygen atoms in total. The van der Waals surface area contributed by atoms with E-state index in [2.05, 4.69) is 15.6 Å². The van der Waals surface area contributed by atoms with Gasteiger partial charge in [0.2, 0.25) is 0 Å². The Morgan fingerprint density at radius 3 is 2.47 bits per heavy atom. The van der Waals surface area contributed by atoms with Crippen molar-refractivity contribution in [3.8, 4) is 0 Å². The zero-order valence-electron chi connectivity index (χ0n) is 11.0. The number of carbonyl (C=O) groups excluding carboxylic acids is 1. The first-order valence-corrected chi connectivity index (χ1v) is 5.83. The van der Waals surface area contributed by atoms with Crippen molar-refractivity contribution in [1.29, 1.82) is 0 Å². The first-order chi connectivity index (χ1) is 8.88. The first kappa shape index (κ1) is 13.2. The predicted molar refractivity (Wildman–Crippen MR) is 67.9 cm³/mol. The number of rotatable bonds is 3. The fourth-order valence-corrected chi connectivity index (χ4v) is 1.74. The third-order valence-corrected chi connectivity index (χ3v) is 2.83. The van der Waals surface area contributed by atoms with E-state index in [9.17, 15) is 9.18 Å². The van der Waals surface area contributed by atoms with Gasteiger partial charge in [0.25, 0.3) is 5.91 Å². The van der Waals surface area contributed by atoms with E-state index in [4.69, 9.17) is 0 Å². The molecular formula is C13H15FN4O. The fraction of sp³-hybridized carbons (Fsp3) is 0.308. The number of hydrogen-bond acceptors (Lipinski definition) is 3. The second-order valence-electron chi connectivity index (χ2n) is 4.86. The van der Waals surface area contributed by atoms with E-state index in [0.29, 0.717) is 0 Å². The SMILES string of the molecule is Cn1cc(C(=O)NC(C)(C)c2ccc(F)cc2)nn1. The van der Waals surface area contributed by atoms with Crippen LogP contribution in [0.2, 0.25) is 0 Å². The summed E-state index contributed by atoms with van der Waals surface area (Å²) in [4.78, 5) is 12.0. The molecule has 0 bridgehead atoms. The van der Waals surface area contributed by atoms with Gasteiger partial charge in [-0.3, -0.25) is 9.48 Å². The van der Waals surface area contributed by atoms with Crippen LogP contribution >= 0.6 is 0 Å². The van der Waals surface area contributed by atoms with Crippen molar-refractivity contribution in [1.82, 2.24) is 20.3 Å². The molecule has 0 aliphatic carbocycles. The van der Waals surface area contributed by atoms with Crippen molar-refractivity contribution in [2.75, 3.05) is 0 Å². The van der Waals surface area contributed by atoms with Gasteiger partial charge in [0, 0.05) is 7.05 Å². The molecule has 0 saturated heterocycles. The number of benzene rings is 1. The zero-order valence-corrected chi connectivity index (χ0v) is 11.0. The standard InChI is InChI=1S/C13H15FN4O/c1-13(2,9-4-6-10(14)7-5-9)15-12(19)11-8-18(3)17-16-11/h4-8H,1-3H3,(H,15,19). The summed E-state index contributed by atoms with van der Waals surface area (Å²) in [5.74, 6) is -0.623. The van der Waals surface area contributed by atoms with Gasteiger partial charge in [0.05, 0.1) is 11.7 Å². The lowest BCUT2D eigenvalue weighted by Crippen LogP contribution is -2.41. The minimum Gasteiger partial charge on any atom is -0.342 e. The third kappa shape index (κ3) is 2.96. The van der Waals surface area contributed by atoms with Gasteiger partial charge < -0.3 is 5.32 Å². The quantitative estimate of drug-likeness (QED) is 0.914. The topological polar surface area (TPSA) is 59.8 Å². The van der Waals surface area contributed by atoms with E-state index in [0.717, 1.165) is 5.56 Å². The summed E-state index contributed by atoms with van der Waals surface area (Å²) in [7, 11) is 1.69. The maximum absolute atomic E-state index is 12.9. The maximum Gasteiger partial charge on any atom is 0.274 e. The van der Waals surface area contributed by atoms with Gasteiger partial charge in [0.1, 0.15) is 5.82 Å². The molecule has 1 N–H and O–H groups in total. The number of nitrogens with zero attached hydrogens (tertiary/aromatic N) is 3. The molecule has 1 amide bonds. The lowest BCUT2D eigenvalue weighted by Gasteiger charge is -2.26. The van der Waals surface area contributed by atoms with E-state index in [-0.39, 0.29) is 17.4 Å². The van der Waals surface area contributed by atoms with Gasteiger partial charge in [-0.05, 0) is 31.5 Å². The molecule has 19 heavy (non-hydrogen) atoms. The Kier molecular flexibility index (Phi) is 3.33. The molecule has 1 heterocycles. The van der Waals surface area contributed by atoms with Crippen LogP contribution in [0.5, 0.6) is 0 Å². The van der Waals surface area contributed by atoms with Gasteiger partial charge >= 0.3 is 0 Å². The predicted octanol–water partition coefficient (Wildman–Crippen LogP) is 1.62. The second-order valence-corrected chi connectivity index (χ2v) is 4.86. The van der Waals surface area contributed by atoms with Crippen molar-refractivity contribution in [3.63, 3.8) is 0 Å². The van der Waals surface area contributed by atoms with Crippen molar-refractivity contribution in [2.24, 2.45) is 7.05 Å². The van der Waals surface area contributed by atoms with Crippen molar-refractivity contribution < 1.29 is 9.18 Å². The molecule has 0 radical (unpaired) electrons. The summed E-state index contributed by atoms with van der Waals surface area (Å²) >= 11 is 0. The molecule has 0 fully saturated rings. The summed E-state index contributed by atoms with van der Waals surface area (Å²) in [6, 6.07) is 6.02. The van der Waals surface area contributed by atoms with Crippen LogP contribution < -0.4 is 5.32 Å². The molecule has 0 aliphatic rings. The van der Waals surface area contributed by atoms with Crippen molar-refractivity contribution in [3.05, 3.63) is 47.5 Å². The highest BCUT2D eigenvalue weighted by Crippen LogP contribution is 2.20. The number of carbonyl (C=O) groups is 1. The summed E-state index contributed by atoms with van der Waals surface area (Å²) in [5, 5.41) is 10.3. The highest BCUT2D eigenvalue weighted by Gasteiger charge is 2.24. The first-order valence-electron chi connectivity index (χ1n) is 5.83. The molecule has 0 atom stereocenters. The summed E-state index contributed by atoms with van der Waals surface area (Å²) in [6.45, 7) is 3.68. The Bertz CT molecular complexity index is 589. The molecule has 0 unspecified atom stereocenters. The van der Waals surface area contributed by atoms with E-state index >= 15 is 0 Å². The molecule has 0 spiro atoms. The van der Waals surface area contributed by atoms with Crippen LogP contribution in [-0.2, 0) is 12.6 Å². The Balaban J connectivity index is 2.17. The molecule has 1 aromatic carbocycles. The van der Waals surface area contributed by atoms with Crippen LogP contribution in [0.1, 0.15) is 29.9 Å². The van der Waals surface area contributed by atoms with Gasteiger partial charge in [-0.2, -0.15) is 0 Å². The number of halogens is 1. The van der Waals surface area contributed by atoms with Crippen LogP contribution in [0.4, 0.5) is 4.39 Å². The Hall–Kier alpha value is -2.24. The monoisotopic (exact) mass is 262 g/mol. The van der Waals surface area contributed by atoms with Gasteiger partial charge in [0.15, 0.2) is 5.69 Å². The average Bonchev–Trinajstić information content (AvgIpc) is 2.76. The van der Waals surface area contributed by atoms with Crippen LogP contribution in [0.25, 0.3) is 0 Å². The highest BCUT2D eigenvalue weighted by atomic mass is 19.1. The largest absolute Gasteiger partial charge is 0.342 e. The molecular weight excluding hydrogens is 247 g/mol. The Morgan fingerprint density at radius 1 is 1.32 bits per heavy atom. The average molecular weight is 262 g/mol. The lowest BCUT2D eigenvalue weighted by molar-refractivity contribution is 0.0907. The van der Waals surface area contributed by atoms with E-state index < -0.39 is 5.54 Å². The zero-order chi connectivity index (χ0) is 14.0. The number of amides is 1. The van der Waals surface area contributed by atoms with E-state index in [1.807, 2.05) is 13.8 Å². The van der Waals surface area contributed by atoms with Crippen LogP contribution in [0.15, 0.2) is 30.5 Å². The maximum atomic E-state index is 12.9. The van der Waals surface area contributed by atoms with Crippen LogP contribution in [0, 0.1) is 5.82 Å². The molecule has 2 rings (SSSR count). The smallest absolute Gasteiger partial charge is 0.274 e. The van der Waals surface area contributed by atoms with Crippen molar-refractivity contribution >= 4 is 5.91 Å². The molecule has 0 aliphatic heterocycles. The van der Waals surface area contributed by atoms with E-state index in [1.54, 1.807) is 19.2 Å². The fourth-order valence-electron chi connectivity index (χ4n) is 1.74. The van der Waals surface area contributed by atoms with Crippen LogP contribution in [-0.4, -0.2) is 20.9 Å². The summed E-state index contributed by atoms with van der Waals surface area (Å²) in [5.41, 5.74) is 0.436. The van der Waals surface area contributed by atoms with Crippen molar-refractivity contribution in [2.45, 2.75) is 19.4 Å². The highest BCUT2D eigenvalue weighted by molar-refractivity contribution is 5.92. The summed E-state index contributed by atoms with van der Waals surface area (Å²) in [6.07, 6.45) is 1.54. The summed E-state index contributed by atoms with van der Waals surface area (Å²) < 4.78 is 14.4. The number of aryl methyl sites for hydroxylation is 1. The number of hydrogen-bond donors (Lipinski definition) is 1. The molecule has 6 heteroatoms. The van der Waals surface area contributed by atoms with Gasteiger partial charge in [-0.25, -0.2) is 4.39 Å². The lowest BCUT2D eigenvalue weighted by atomic mass is 9.94. The van der Waals surface area contributed by atoms with E-state index in [1.165, 1.54) is 23.0 Å². The normalized spacial score (nSPS) is 11.4. The second kappa shape index (κ2) is 4.79. The molecule has 1 aromatic heterocycles. The molecule has 100 valence electrons. The minimum absolute atomic E-state index is 0.248. The molecule has 0 saturated carbocycles. The molecule has 2 aromatic rings. The van der Waals surface area contributed by atoms with Crippen LogP contribution in [0.3, 0.4) is 0 Å². The Morgan fingerprint density at radius 2 is 1.95 bits per heavy atom. The van der Waals surface area contributed by atoms with Gasteiger partial charge in [-0.15, -0.1) is 5.10 Å². The third-order valence-electron chi connectivity index (χ3n) is 2.83. The Labute approximate surface area is 110 Å².